The Labute approximate surface area is 189 Å². The van der Waals surface area contributed by atoms with E-state index in [4.69, 9.17) is 4.74 Å². The average Bonchev–Trinajstić information content (AvgIpc) is 3.32. The molecule has 10 heteroatoms. The highest BCUT2D eigenvalue weighted by atomic mass is 32.2. The van der Waals surface area contributed by atoms with Gasteiger partial charge in [0.25, 0.3) is 0 Å². The number of rotatable bonds is 6. The van der Waals surface area contributed by atoms with Crippen LogP contribution in [0.4, 0.5) is 13.2 Å². The topological polar surface area (TPSA) is 81.4 Å². The van der Waals surface area contributed by atoms with Crippen LogP contribution in [0.25, 0.3) is 11.0 Å². The van der Waals surface area contributed by atoms with E-state index in [1.165, 1.54) is 22.9 Å². The van der Waals surface area contributed by atoms with Gasteiger partial charge < -0.3 is 14.4 Å². The van der Waals surface area contributed by atoms with Crippen LogP contribution in [0.3, 0.4) is 0 Å². The number of aliphatic hydroxyl groups is 1. The number of sulfone groups is 1. The van der Waals surface area contributed by atoms with E-state index in [1.54, 1.807) is 38.2 Å². The lowest BCUT2D eigenvalue weighted by molar-refractivity contribution is -0.271. The highest BCUT2D eigenvalue weighted by molar-refractivity contribution is 7.90. The second kappa shape index (κ2) is 7.73. The third kappa shape index (κ3) is 4.33. The Morgan fingerprint density at radius 2 is 1.94 bits per heavy atom. The Morgan fingerprint density at radius 1 is 1.21 bits per heavy atom. The lowest BCUT2D eigenvalue weighted by atomic mass is 9.74. The summed E-state index contributed by atoms with van der Waals surface area (Å²) in [7, 11) is -3.60. The Hall–Kier alpha value is -2.59. The number of hydrogen-bond donors (Lipinski definition) is 1. The van der Waals surface area contributed by atoms with Crippen LogP contribution in [-0.4, -0.2) is 47.7 Å². The molecule has 6 nitrogen and oxygen atoms in total. The van der Waals surface area contributed by atoms with E-state index in [-0.39, 0.29) is 4.90 Å². The van der Waals surface area contributed by atoms with Gasteiger partial charge in [0.2, 0.25) is 0 Å². The van der Waals surface area contributed by atoms with E-state index >= 15 is 0 Å². The summed E-state index contributed by atoms with van der Waals surface area (Å²) in [6.07, 6.45) is -1.12. The van der Waals surface area contributed by atoms with Gasteiger partial charge in [-0.3, -0.25) is 4.98 Å². The Morgan fingerprint density at radius 3 is 2.61 bits per heavy atom. The molecular weight excluding hydrogens is 457 g/mol. The van der Waals surface area contributed by atoms with Crippen molar-refractivity contribution in [2.24, 2.45) is 0 Å². The Kier molecular flexibility index (Phi) is 5.52. The van der Waals surface area contributed by atoms with Gasteiger partial charge in [-0.2, -0.15) is 13.2 Å². The van der Waals surface area contributed by atoms with Crippen LogP contribution >= 0.6 is 0 Å². The van der Waals surface area contributed by atoms with E-state index in [2.05, 4.69) is 4.98 Å². The molecule has 2 aromatic heterocycles. The van der Waals surface area contributed by atoms with Crippen molar-refractivity contribution in [3.05, 3.63) is 53.9 Å². The molecule has 3 heterocycles. The highest BCUT2D eigenvalue weighted by Gasteiger charge is 2.56. The van der Waals surface area contributed by atoms with Crippen molar-refractivity contribution < 1.29 is 31.4 Å². The number of aromatic nitrogens is 2. The normalized spacial score (nSPS) is 16.5. The minimum absolute atomic E-state index is 0.0212. The number of nitrogens with zero attached hydrogens (tertiary/aromatic N) is 2. The zero-order valence-electron chi connectivity index (χ0n) is 18.5. The number of ether oxygens (including phenoxy) is 1. The molecule has 0 saturated carbocycles. The number of halogens is 3. The van der Waals surface area contributed by atoms with E-state index in [1.807, 2.05) is 0 Å². The molecule has 0 bridgehead atoms. The van der Waals surface area contributed by atoms with E-state index in [0.29, 0.717) is 40.9 Å². The largest absolute Gasteiger partial charge is 0.493 e. The summed E-state index contributed by atoms with van der Waals surface area (Å²) in [5.41, 5.74) is -2.39. The van der Waals surface area contributed by atoms with Crippen LogP contribution in [0.5, 0.6) is 5.75 Å². The van der Waals surface area contributed by atoms with Gasteiger partial charge in [-0.25, -0.2) is 8.42 Å². The highest BCUT2D eigenvalue weighted by Crippen LogP contribution is 2.47. The predicted molar refractivity (Wildman–Crippen MR) is 117 cm³/mol. The van der Waals surface area contributed by atoms with Crippen molar-refractivity contribution >= 4 is 20.9 Å². The van der Waals surface area contributed by atoms with Crippen LogP contribution in [0, 0.1) is 0 Å². The molecule has 1 aliphatic heterocycles. The van der Waals surface area contributed by atoms with Crippen LogP contribution in [0.15, 0.2) is 47.6 Å². The Bertz CT molecular complexity index is 1310. The molecule has 1 aromatic carbocycles. The Balaban J connectivity index is 1.78. The molecule has 0 spiro atoms. The third-order valence-corrected chi connectivity index (χ3v) is 7.24. The van der Waals surface area contributed by atoms with E-state index < -0.39 is 40.0 Å². The molecule has 1 aliphatic rings. The second-order valence-electron chi connectivity index (χ2n) is 9.27. The minimum atomic E-state index is -4.94. The molecular formula is C23H25F3N2O4S. The van der Waals surface area contributed by atoms with Crippen molar-refractivity contribution in [1.82, 2.24) is 9.55 Å². The molecule has 0 fully saturated rings. The quantitative estimate of drug-likeness (QED) is 0.574. The van der Waals surface area contributed by atoms with Gasteiger partial charge in [-0.15, -0.1) is 0 Å². The summed E-state index contributed by atoms with van der Waals surface area (Å²) in [5, 5.41) is 11.0. The van der Waals surface area contributed by atoms with Crippen molar-refractivity contribution in [3.8, 4) is 5.75 Å². The first-order valence-electron chi connectivity index (χ1n) is 10.4. The molecule has 0 amide bonds. The van der Waals surface area contributed by atoms with Crippen LogP contribution < -0.4 is 4.74 Å². The molecule has 0 saturated heterocycles. The lowest BCUT2D eigenvalue weighted by Gasteiger charge is -2.38. The van der Waals surface area contributed by atoms with Gasteiger partial charge in [0.05, 0.1) is 29.1 Å². The molecule has 4 rings (SSSR count). The van der Waals surface area contributed by atoms with Gasteiger partial charge >= 0.3 is 6.18 Å². The van der Waals surface area contributed by atoms with Crippen molar-refractivity contribution in [3.63, 3.8) is 0 Å². The summed E-state index contributed by atoms with van der Waals surface area (Å²) < 4.78 is 74.3. The summed E-state index contributed by atoms with van der Waals surface area (Å²) in [6, 6.07) is 7.72. The average molecular weight is 483 g/mol. The monoisotopic (exact) mass is 482 g/mol. The number of pyridine rings is 1. The van der Waals surface area contributed by atoms with Crippen LogP contribution in [0.2, 0.25) is 0 Å². The smallest absolute Gasteiger partial charge is 0.418 e. The molecule has 1 N–H and O–H groups in total. The van der Waals surface area contributed by atoms with Gasteiger partial charge in [0, 0.05) is 30.6 Å². The van der Waals surface area contributed by atoms with Crippen molar-refractivity contribution in [2.45, 2.75) is 55.3 Å². The summed E-state index contributed by atoms with van der Waals surface area (Å²) in [4.78, 5) is 4.15. The molecule has 0 radical (unpaired) electrons. The fourth-order valence-corrected chi connectivity index (χ4v) is 5.20. The standard InChI is InChI=1S/C23H25F3N2O4S/c1-21(2,17-12-16(33(3,30)31)11-15-7-10-32-20(15)17)13-22(29,23(24,25)26)14-28-9-6-18-19(28)5-4-8-27-18/h4-6,8-9,11-12,29H,7,10,13-14H2,1-3H3. The van der Waals surface area contributed by atoms with Crippen molar-refractivity contribution in [2.75, 3.05) is 12.9 Å². The molecule has 1 unspecified atom stereocenters. The molecule has 3 aromatic rings. The maximum atomic E-state index is 14.3. The fourth-order valence-electron chi connectivity index (χ4n) is 4.51. The zero-order chi connectivity index (χ0) is 24.2. The van der Waals surface area contributed by atoms with Gasteiger partial charge in [-0.1, -0.05) is 13.8 Å². The van der Waals surface area contributed by atoms with Gasteiger partial charge in [-0.05, 0) is 47.7 Å². The van der Waals surface area contributed by atoms with E-state index in [9.17, 15) is 26.7 Å². The molecule has 0 aliphatic carbocycles. The van der Waals surface area contributed by atoms with Gasteiger partial charge in [0.1, 0.15) is 5.75 Å². The molecule has 1 atom stereocenters. The second-order valence-corrected chi connectivity index (χ2v) is 11.3. The van der Waals surface area contributed by atoms with Crippen LogP contribution in [0.1, 0.15) is 31.4 Å². The van der Waals surface area contributed by atoms with Crippen molar-refractivity contribution in [1.29, 1.82) is 0 Å². The maximum absolute atomic E-state index is 14.3. The summed E-state index contributed by atoms with van der Waals surface area (Å²) in [5.74, 6) is 0.396. The summed E-state index contributed by atoms with van der Waals surface area (Å²) >= 11 is 0. The van der Waals surface area contributed by atoms with Crippen LogP contribution in [-0.2, 0) is 28.2 Å². The first kappa shape index (κ1) is 23.6. The van der Waals surface area contributed by atoms with E-state index in [0.717, 1.165) is 6.26 Å². The predicted octanol–water partition coefficient (Wildman–Crippen LogP) is 4.04. The third-order valence-electron chi connectivity index (χ3n) is 6.15. The number of fused-ring (bicyclic) bond motifs is 2. The number of benzene rings is 1. The number of hydrogen-bond acceptors (Lipinski definition) is 5. The lowest BCUT2D eigenvalue weighted by Crippen LogP contribution is -2.52. The maximum Gasteiger partial charge on any atom is 0.418 e. The number of alkyl halides is 3. The first-order chi connectivity index (χ1) is 15.2. The zero-order valence-corrected chi connectivity index (χ0v) is 19.3. The molecule has 33 heavy (non-hydrogen) atoms. The summed E-state index contributed by atoms with van der Waals surface area (Å²) in [6.45, 7) is 2.70. The molecule has 178 valence electrons. The SMILES string of the molecule is CC(C)(CC(O)(Cn1ccc2ncccc21)C(F)(F)F)c1cc(S(C)(=O)=O)cc2c1OCC2. The fraction of sp³-hybridized carbons (Fsp3) is 0.435. The first-order valence-corrected chi connectivity index (χ1v) is 12.3. The minimum Gasteiger partial charge on any atom is -0.493 e. The van der Waals surface area contributed by atoms with Gasteiger partial charge in [0.15, 0.2) is 15.4 Å².